The molecule has 1 heterocycles. The highest BCUT2D eigenvalue weighted by Gasteiger charge is 2.29. The second-order valence-electron chi connectivity index (χ2n) is 4.67. The Morgan fingerprint density at radius 1 is 1.43 bits per heavy atom. The molecule has 14 heavy (non-hydrogen) atoms. The summed E-state index contributed by atoms with van der Waals surface area (Å²) in [6.07, 6.45) is 0.00685. The third-order valence-corrected chi connectivity index (χ3v) is 3.25. The van der Waals surface area contributed by atoms with Crippen LogP contribution < -0.4 is 0 Å². The minimum absolute atomic E-state index is 0.00685. The van der Waals surface area contributed by atoms with E-state index >= 15 is 0 Å². The molecule has 0 aliphatic carbocycles. The average Bonchev–Trinajstić information content (AvgIpc) is 2.17. The van der Waals surface area contributed by atoms with E-state index in [1.807, 2.05) is 0 Å². The smallest absolute Gasteiger partial charge is 0.0933 e. The molecule has 84 valence electrons. The molecule has 0 spiro atoms. The molecule has 1 aliphatic rings. The number of morpholine rings is 1. The van der Waals surface area contributed by atoms with Crippen molar-refractivity contribution >= 4 is 0 Å². The van der Waals surface area contributed by atoms with Crippen LogP contribution in [0.4, 0.5) is 0 Å². The van der Waals surface area contributed by atoms with E-state index in [0.29, 0.717) is 18.0 Å². The number of aliphatic hydroxyl groups excluding tert-OH is 1. The van der Waals surface area contributed by atoms with Crippen molar-refractivity contribution in [3.63, 3.8) is 0 Å². The van der Waals surface area contributed by atoms with Gasteiger partial charge in [0.1, 0.15) is 0 Å². The first-order chi connectivity index (χ1) is 6.56. The van der Waals surface area contributed by atoms with Crippen molar-refractivity contribution in [1.29, 1.82) is 0 Å². The van der Waals surface area contributed by atoms with Crippen molar-refractivity contribution in [2.75, 3.05) is 19.8 Å². The second-order valence-corrected chi connectivity index (χ2v) is 4.67. The first-order valence-electron chi connectivity index (χ1n) is 5.54. The average molecular weight is 201 g/mol. The molecule has 3 unspecified atom stereocenters. The van der Waals surface area contributed by atoms with Crippen molar-refractivity contribution < 1.29 is 9.84 Å². The maximum Gasteiger partial charge on any atom is 0.0933 e. The summed E-state index contributed by atoms with van der Waals surface area (Å²) >= 11 is 0. The number of nitrogens with zero attached hydrogens (tertiary/aromatic N) is 1. The molecule has 3 nitrogen and oxygen atoms in total. The molecule has 0 saturated carbocycles. The van der Waals surface area contributed by atoms with Crippen molar-refractivity contribution in [2.45, 2.75) is 45.9 Å². The first kappa shape index (κ1) is 12.0. The Bertz CT molecular complexity index is 173. The van der Waals surface area contributed by atoms with Gasteiger partial charge in [-0.1, -0.05) is 13.8 Å². The standard InChI is InChI=1S/C11H23NO2/c1-8(2)10(4)12-5-11(6-13)14-7-9(12)3/h8-11,13H,5-7H2,1-4H3. The van der Waals surface area contributed by atoms with Crippen LogP contribution in [0.2, 0.25) is 0 Å². The molecule has 3 atom stereocenters. The summed E-state index contributed by atoms with van der Waals surface area (Å²) in [6, 6.07) is 1.03. The number of aliphatic hydroxyl groups is 1. The summed E-state index contributed by atoms with van der Waals surface area (Å²) in [5, 5.41) is 9.06. The monoisotopic (exact) mass is 201 g/mol. The number of hydrogen-bond acceptors (Lipinski definition) is 3. The quantitative estimate of drug-likeness (QED) is 0.742. The van der Waals surface area contributed by atoms with E-state index in [1.165, 1.54) is 0 Å². The molecular formula is C11H23NO2. The molecule has 1 N–H and O–H groups in total. The van der Waals surface area contributed by atoms with Gasteiger partial charge in [-0.2, -0.15) is 0 Å². The maximum absolute atomic E-state index is 9.06. The van der Waals surface area contributed by atoms with Crippen LogP contribution >= 0.6 is 0 Å². The van der Waals surface area contributed by atoms with Crippen LogP contribution in [0.15, 0.2) is 0 Å². The maximum atomic E-state index is 9.06. The van der Waals surface area contributed by atoms with Crippen molar-refractivity contribution in [3.05, 3.63) is 0 Å². The predicted octanol–water partition coefficient (Wildman–Crippen LogP) is 1.11. The van der Waals surface area contributed by atoms with Crippen LogP contribution in [0.1, 0.15) is 27.7 Å². The Morgan fingerprint density at radius 2 is 2.07 bits per heavy atom. The Morgan fingerprint density at radius 3 is 2.57 bits per heavy atom. The topological polar surface area (TPSA) is 32.7 Å². The van der Waals surface area contributed by atoms with Crippen LogP contribution in [0, 0.1) is 5.92 Å². The fourth-order valence-corrected chi connectivity index (χ4v) is 1.90. The molecule has 0 radical (unpaired) electrons. The molecule has 1 saturated heterocycles. The lowest BCUT2D eigenvalue weighted by Crippen LogP contribution is -2.54. The van der Waals surface area contributed by atoms with E-state index in [0.717, 1.165) is 13.2 Å². The number of hydrogen-bond donors (Lipinski definition) is 1. The zero-order valence-electron chi connectivity index (χ0n) is 9.73. The van der Waals surface area contributed by atoms with Gasteiger partial charge in [-0.05, 0) is 19.8 Å². The molecule has 0 bridgehead atoms. The SMILES string of the molecule is CC(C)C(C)N1CC(CO)OCC1C. The minimum Gasteiger partial charge on any atom is -0.394 e. The molecule has 1 rings (SSSR count). The van der Waals surface area contributed by atoms with Gasteiger partial charge in [0.25, 0.3) is 0 Å². The lowest BCUT2D eigenvalue weighted by atomic mass is 10.0. The lowest BCUT2D eigenvalue weighted by molar-refractivity contribution is -0.0939. The van der Waals surface area contributed by atoms with Gasteiger partial charge in [0, 0.05) is 18.6 Å². The summed E-state index contributed by atoms with van der Waals surface area (Å²) in [5.74, 6) is 0.648. The minimum atomic E-state index is 0.00685. The second kappa shape index (κ2) is 5.10. The normalized spacial score (nSPS) is 32.1. The van der Waals surface area contributed by atoms with Gasteiger partial charge in [-0.25, -0.2) is 0 Å². The zero-order chi connectivity index (χ0) is 10.7. The first-order valence-corrected chi connectivity index (χ1v) is 5.54. The third-order valence-electron chi connectivity index (χ3n) is 3.25. The van der Waals surface area contributed by atoms with Crippen molar-refractivity contribution in [2.24, 2.45) is 5.92 Å². The van der Waals surface area contributed by atoms with E-state index in [9.17, 15) is 0 Å². The molecule has 3 heteroatoms. The molecule has 1 aliphatic heterocycles. The van der Waals surface area contributed by atoms with Crippen LogP contribution in [-0.4, -0.2) is 48.0 Å². The lowest BCUT2D eigenvalue weighted by Gasteiger charge is -2.42. The summed E-state index contributed by atoms with van der Waals surface area (Å²) in [7, 11) is 0. The van der Waals surface area contributed by atoms with Gasteiger partial charge in [-0.15, -0.1) is 0 Å². The summed E-state index contributed by atoms with van der Waals surface area (Å²) < 4.78 is 5.51. The van der Waals surface area contributed by atoms with Gasteiger partial charge in [0.15, 0.2) is 0 Å². The van der Waals surface area contributed by atoms with Gasteiger partial charge >= 0.3 is 0 Å². The van der Waals surface area contributed by atoms with Crippen molar-refractivity contribution in [1.82, 2.24) is 4.90 Å². The van der Waals surface area contributed by atoms with Gasteiger partial charge < -0.3 is 9.84 Å². The van der Waals surface area contributed by atoms with Crippen LogP contribution in [0.3, 0.4) is 0 Å². The van der Waals surface area contributed by atoms with E-state index < -0.39 is 0 Å². The largest absolute Gasteiger partial charge is 0.394 e. The Labute approximate surface area is 87.1 Å². The van der Waals surface area contributed by atoms with Gasteiger partial charge in [0.05, 0.1) is 19.3 Å². The highest BCUT2D eigenvalue weighted by atomic mass is 16.5. The summed E-state index contributed by atoms with van der Waals surface area (Å²) in [4.78, 5) is 2.44. The fourth-order valence-electron chi connectivity index (χ4n) is 1.90. The molecule has 0 aromatic carbocycles. The molecule has 1 fully saturated rings. The van der Waals surface area contributed by atoms with E-state index in [1.54, 1.807) is 0 Å². The third kappa shape index (κ3) is 2.69. The van der Waals surface area contributed by atoms with Gasteiger partial charge in [-0.3, -0.25) is 4.90 Å². The van der Waals surface area contributed by atoms with Crippen molar-refractivity contribution in [3.8, 4) is 0 Å². The summed E-state index contributed by atoms with van der Waals surface area (Å²) in [6.45, 7) is 10.6. The molecular weight excluding hydrogens is 178 g/mol. The summed E-state index contributed by atoms with van der Waals surface area (Å²) in [5.41, 5.74) is 0. The van der Waals surface area contributed by atoms with E-state index in [2.05, 4.69) is 32.6 Å². The van der Waals surface area contributed by atoms with Crippen LogP contribution in [0.25, 0.3) is 0 Å². The Kier molecular flexibility index (Phi) is 4.35. The predicted molar refractivity (Wildman–Crippen MR) is 57.3 cm³/mol. The molecule has 0 amide bonds. The number of ether oxygens (including phenoxy) is 1. The highest BCUT2D eigenvalue weighted by Crippen LogP contribution is 2.19. The van der Waals surface area contributed by atoms with Crippen LogP contribution in [0.5, 0.6) is 0 Å². The Hall–Kier alpha value is -0.120. The highest BCUT2D eigenvalue weighted by molar-refractivity contribution is 4.82. The van der Waals surface area contributed by atoms with E-state index in [-0.39, 0.29) is 12.7 Å². The fraction of sp³-hybridized carbons (Fsp3) is 1.00. The number of rotatable bonds is 3. The molecule has 0 aromatic heterocycles. The molecule has 0 aromatic rings. The van der Waals surface area contributed by atoms with E-state index in [4.69, 9.17) is 9.84 Å². The van der Waals surface area contributed by atoms with Crippen LogP contribution in [-0.2, 0) is 4.74 Å². The zero-order valence-corrected chi connectivity index (χ0v) is 9.73. The Balaban J connectivity index is 2.55. The van der Waals surface area contributed by atoms with Gasteiger partial charge in [0.2, 0.25) is 0 Å².